The van der Waals surface area contributed by atoms with Crippen molar-refractivity contribution in [2.45, 2.75) is 29.3 Å². The molecule has 0 N–H and O–H groups in total. The second-order valence-electron chi connectivity index (χ2n) is 6.97. The number of thioether (sulfide) groups is 1. The Labute approximate surface area is 185 Å². The summed E-state index contributed by atoms with van der Waals surface area (Å²) < 4.78 is 39.8. The molecule has 164 valence electrons. The summed E-state index contributed by atoms with van der Waals surface area (Å²) in [5.41, 5.74) is 1.49. The van der Waals surface area contributed by atoms with Crippen molar-refractivity contribution in [3.05, 3.63) is 54.4 Å². The molecule has 0 unspecified atom stereocenters. The van der Waals surface area contributed by atoms with Gasteiger partial charge in [-0.3, -0.25) is 4.57 Å². The number of morpholine rings is 1. The quantitative estimate of drug-likeness (QED) is 0.373. The summed E-state index contributed by atoms with van der Waals surface area (Å²) in [6, 6.07) is 8.68. The number of hydrogen-bond acceptors (Lipinski definition) is 8. The average Bonchev–Trinajstić information content (AvgIpc) is 3.39. The fourth-order valence-corrected chi connectivity index (χ4v) is 5.54. The Kier molecular flexibility index (Phi) is 6.56. The highest BCUT2D eigenvalue weighted by molar-refractivity contribution is 7.98. The molecule has 1 aliphatic rings. The number of nitrogens with zero attached hydrogens (tertiary/aromatic N) is 5. The molecule has 9 nitrogen and oxygen atoms in total. The Morgan fingerprint density at radius 1 is 1.23 bits per heavy atom. The molecule has 4 rings (SSSR count). The summed E-state index contributed by atoms with van der Waals surface area (Å²) in [6.45, 7) is 7.66. The molecule has 0 atom stereocenters. The number of aryl methyl sites for hydroxylation is 1. The Morgan fingerprint density at radius 2 is 2.03 bits per heavy atom. The first-order valence-electron chi connectivity index (χ1n) is 9.76. The third kappa shape index (κ3) is 4.74. The molecular weight excluding hydrogens is 438 g/mol. The molecule has 0 aliphatic carbocycles. The van der Waals surface area contributed by atoms with Crippen LogP contribution in [0.5, 0.6) is 0 Å². The topological polar surface area (TPSA) is 103 Å². The zero-order chi connectivity index (χ0) is 21.8. The molecule has 3 aromatic rings. The highest BCUT2D eigenvalue weighted by Crippen LogP contribution is 2.28. The van der Waals surface area contributed by atoms with E-state index >= 15 is 0 Å². The number of benzene rings is 1. The fraction of sp³-hybridized carbons (Fsp3) is 0.350. The lowest BCUT2D eigenvalue weighted by atomic mass is 10.2. The Bertz CT molecular complexity index is 1170. The molecule has 0 bridgehead atoms. The SMILES string of the molecule is C=CCn1c(SCc2cc(C)on2)nnc1-c1cccc(S(=O)(=O)N2CCOCC2)c1. The van der Waals surface area contributed by atoms with E-state index in [9.17, 15) is 8.42 Å². The van der Waals surface area contributed by atoms with Crippen LogP contribution < -0.4 is 0 Å². The van der Waals surface area contributed by atoms with Crippen molar-refractivity contribution in [2.24, 2.45) is 0 Å². The standard InChI is InChI=1S/C20H23N5O4S2/c1-3-7-25-19(21-22-20(25)30-14-17-12-15(2)29-23-17)16-5-4-6-18(13-16)31(26,27)24-8-10-28-11-9-24/h3-6,12-13H,1,7-11,14H2,2H3. The van der Waals surface area contributed by atoms with Crippen LogP contribution in [-0.4, -0.2) is 58.9 Å². The van der Waals surface area contributed by atoms with Crippen molar-refractivity contribution < 1.29 is 17.7 Å². The fourth-order valence-electron chi connectivity index (χ4n) is 3.26. The smallest absolute Gasteiger partial charge is 0.243 e. The number of allylic oxidation sites excluding steroid dienone is 1. The van der Waals surface area contributed by atoms with Crippen LogP contribution in [0.3, 0.4) is 0 Å². The molecule has 31 heavy (non-hydrogen) atoms. The molecule has 1 aliphatic heterocycles. The molecule has 0 radical (unpaired) electrons. The van der Waals surface area contributed by atoms with Gasteiger partial charge in [0.05, 0.1) is 23.8 Å². The first-order valence-corrected chi connectivity index (χ1v) is 12.2. The van der Waals surface area contributed by atoms with E-state index in [-0.39, 0.29) is 4.90 Å². The van der Waals surface area contributed by atoms with Crippen LogP contribution in [0.2, 0.25) is 0 Å². The van der Waals surface area contributed by atoms with Gasteiger partial charge in [-0.1, -0.05) is 35.1 Å². The Morgan fingerprint density at radius 3 is 2.74 bits per heavy atom. The van der Waals surface area contributed by atoms with Crippen molar-refractivity contribution in [3.63, 3.8) is 0 Å². The lowest BCUT2D eigenvalue weighted by Crippen LogP contribution is -2.40. The zero-order valence-corrected chi connectivity index (χ0v) is 18.7. The second kappa shape index (κ2) is 9.35. The molecule has 1 saturated heterocycles. The van der Waals surface area contributed by atoms with E-state index in [1.165, 1.54) is 16.1 Å². The van der Waals surface area contributed by atoms with Crippen molar-refractivity contribution in [1.29, 1.82) is 0 Å². The van der Waals surface area contributed by atoms with E-state index in [2.05, 4.69) is 21.9 Å². The summed E-state index contributed by atoms with van der Waals surface area (Å²) in [7, 11) is -3.60. The molecule has 3 heterocycles. The highest BCUT2D eigenvalue weighted by Gasteiger charge is 2.27. The van der Waals surface area contributed by atoms with Gasteiger partial charge >= 0.3 is 0 Å². The van der Waals surface area contributed by atoms with E-state index in [1.807, 2.05) is 23.6 Å². The summed E-state index contributed by atoms with van der Waals surface area (Å²) >= 11 is 1.48. The van der Waals surface area contributed by atoms with E-state index < -0.39 is 10.0 Å². The largest absolute Gasteiger partial charge is 0.379 e. The number of ether oxygens (including phenoxy) is 1. The van der Waals surface area contributed by atoms with Crippen LogP contribution in [-0.2, 0) is 27.1 Å². The molecular formula is C20H23N5O4S2. The third-order valence-electron chi connectivity index (χ3n) is 4.75. The van der Waals surface area contributed by atoms with Crippen molar-refractivity contribution in [1.82, 2.24) is 24.2 Å². The molecule has 2 aromatic heterocycles. The summed E-state index contributed by atoms with van der Waals surface area (Å²) in [4.78, 5) is 0.229. The van der Waals surface area contributed by atoms with Gasteiger partial charge in [0.2, 0.25) is 10.0 Å². The van der Waals surface area contributed by atoms with Crippen LogP contribution in [0.4, 0.5) is 0 Å². The third-order valence-corrected chi connectivity index (χ3v) is 7.65. The molecule has 1 fully saturated rings. The van der Waals surface area contributed by atoms with E-state index in [4.69, 9.17) is 9.26 Å². The minimum absolute atomic E-state index is 0.229. The maximum atomic E-state index is 13.0. The minimum atomic E-state index is -3.60. The summed E-state index contributed by atoms with van der Waals surface area (Å²) in [5.74, 6) is 1.91. The van der Waals surface area contributed by atoms with Crippen molar-refractivity contribution >= 4 is 21.8 Å². The molecule has 0 spiro atoms. The van der Waals surface area contributed by atoms with Gasteiger partial charge < -0.3 is 9.26 Å². The van der Waals surface area contributed by atoms with Crippen molar-refractivity contribution in [3.8, 4) is 11.4 Å². The number of hydrogen-bond donors (Lipinski definition) is 0. The molecule has 1 aromatic carbocycles. The Hall–Kier alpha value is -2.47. The van der Waals surface area contributed by atoms with Crippen LogP contribution in [0, 0.1) is 6.92 Å². The number of aromatic nitrogens is 4. The predicted octanol–water partition coefficient (Wildman–Crippen LogP) is 2.74. The lowest BCUT2D eigenvalue weighted by Gasteiger charge is -2.26. The minimum Gasteiger partial charge on any atom is -0.379 e. The monoisotopic (exact) mass is 461 g/mol. The first kappa shape index (κ1) is 21.8. The van der Waals surface area contributed by atoms with Gasteiger partial charge in [0.15, 0.2) is 11.0 Å². The van der Waals surface area contributed by atoms with Gasteiger partial charge in [-0.25, -0.2) is 8.42 Å². The summed E-state index contributed by atoms with van der Waals surface area (Å²) in [6.07, 6.45) is 1.76. The second-order valence-corrected chi connectivity index (χ2v) is 9.85. The highest BCUT2D eigenvalue weighted by atomic mass is 32.2. The van der Waals surface area contributed by atoms with Gasteiger partial charge in [0, 0.05) is 37.0 Å². The average molecular weight is 462 g/mol. The van der Waals surface area contributed by atoms with Gasteiger partial charge in [-0.15, -0.1) is 16.8 Å². The predicted molar refractivity (Wildman–Crippen MR) is 116 cm³/mol. The maximum Gasteiger partial charge on any atom is 0.243 e. The van der Waals surface area contributed by atoms with Crippen LogP contribution >= 0.6 is 11.8 Å². The first-order chi connectivity index (χ1) is 15.0. The summed E-state index contributed by atoms with van der Waals surface area (Å²) in [5, 5.41) is 13.3. The van der Waals surface area contributed by atoms with E-state index in [1.54, 1.807) is 24.3 Å². The van der Waals surface area contributed by atoms with E-state index in [0.717, 1.165) is 11.5 Å². The lowest BCUT2D eigenvalue weighted by molar-refractivity contribution is 0.0730. The normalized spacial score (nSPS) is 15.3. The molecule has 11 heteroatoms. The van der Waals surface area contributed by atoms with Gasteiger partial charge in [-0.2, -0.15) is 4.31 Å². The van der Waals surface area contributed by atoms with Crippen molar-refractivity contribution in [2.75, 3.05) is 26.3 Å². The number of rotatable bonds is 8. The zero-order valence-electron chi connectivity index (χ0n) is 17.1. The van der Waals surface area contributed by atoms with Crippen LogP contribution in [0.15, 0.2) is 57.6 Å². The number of sulfonamides is 1. The molecule has 0 amide bonds. The molecule has 0 saturated carbocycles. The van der Waals surface area contributed by atoms with Crippen LogP contribution in [0.1, 0.15) is 11.5 Å². The van der Waals surface area contributed by atoms with Gasteiger partial charge in [-0.05, 0) is 19.1 Å². The van der Waals surface area contributed by atoms with Gasteiger partial charge in [0.25, 0.3) is 0 Å². The van der Waals surface area contributed by atoms with Gasteiger partial charge in [0.1, 0.15) is 5.76 Å². The maximum absolute atomic E-state index is 13.0. The Balaban J connectivity index is 1.62. The van der Waals surface area contributed by atoms with Crippen LogP contribution in [0.25, 0.3) is 11.4 Å². The van der Waals surface area contributed by atoms with E-state index in [0.29, 0.717) is 55.1 Å².